The van der Waals surface area contributed by atoms with Crippen LogP contribution in [-0.4, -0.2) is 31.8 Å². The summed E-state index contributed by atoms with van der Waals surface area (Å²) in [6, 6.07) is 65.4. The molecule has 0 saturated carbocycles. The van der Waals surface area contributed by atoms with Crippen molar-refractivity contribution in [3.8, 4) is 78.3 Å². The fraction of sp³-hybridized carbons (Fsp3) is 0.0385. The van der Waals surface area contributed by atoms with Gasteiger partial charge in [-0.15, -0.1) is 23.5 Å². The van der Waals surface area contributed by atoms with Crippen LogP contribution in [0.4, 0.5) is 11.4 Å². The predicted octanol–water partition coefficient (Wildman–Crippen LogP) is 14.3. The zero-order valence-corrected chi connectivity index (χ0v) is 33.1. The van der Waals surface area contributed by atoms with Crippen LogP contribution in [0.1, 0.15) is 0 Å². The Balaban J connectivity index is 1.29. The number of aliphatic imine (C=N–C) groups is 2. The van der Waals surface area contributed by atoms with Crippen molar-refractivity contribution in [1.82, 2.24) is 0 Å². The van der Waals surface area contributed by atoms with Crippen LogP contribution in [-0.2, 0) is 0 Å². The molecule has 1 saturated heterocycles. The maximum absolute atomic E-state index is 10.1. The van der Waals surface area contributed by atoms with Crippen molar-refractivity contribution >= 4 is 45.0 Å². The van der Waals surface area contributed by atoms with E-state index in [1.807, 2.05) is 48.5 Å². The normalized spacial score (nSPS) is 14.1. The molecular weight excluding hydrogens is 749 g/mol. The van der Waals surface area contributed by atoms with Crippen molar-refractivity contribution in [2.24, 2.45) is 9.98 Å². The summed E-state index contributed by atoms with van der Waals surface area (Å²) < 4.78 is 0. The average molecular weight is 787 g/mol. The number of phenolic OH excluding ortho intramolecular Hbond substituents is 2. The smallest absolute Gasteiger partial charge is 0.129 e. The van der Waals surface area contributed by atoms with Crippen LogP contribution in [0.3, 0.4) is 0 Å². The van der Waals surface area contributed by atoms with Crippen molar-refractivity contribution in [2.75, 3.05) is 11.5 Å². The van der Waals surface area contributed by atoms with Crippen molar-refractivity contribution in [3.05, 3.63) is 194 Å². The van der Waals surface area contributed by atoms with E-state index in [1.54, 1.807) is 47.8 Å². The first kappa shape index (κ1) is 37.0. The maximum atomic E-state index is 10.1. The Bertz CT molecular complexity index is 2440. The molecule has 0 unspecified atom stereocenters. The summed E-state index contributed by atoms with van der Waals surface area (Å²) in [4.78, 5) is 11.3. The van der Waals surface area contributed by atoms with Crippen molar-refractivity contribution < 1.29 is 10.2 Å². The van der Waals surface area contributed by atoms with E-state index in [0.29, 0.717) is 0 Å². The largest absolute Gasteiger partial charge is 0.508 e. The Labute approximate surface area is 347 Å². The molecule has 2 N–H and O–H groups in total. The van der Waals surface area contributed by atoms with Gasteiger partial charge in [0.25, 0.3) is 0 Å². The van der Waals surface area contributed by atoms with Gasteiger partial charge in [-0.25, -0.2) is 9.98 Å². The number of benzene rings is 8. The lowest BCUT2D eigenvalue weighted by molar-refractivity contribution is 0.475. The van der Waals surface area contributed by atoms with Gasteiger partial charge in [0.05, 0.1) is 11.4 Å². The molecule has 0 bridgehead atoms. The van der Waals surface area contributed by atoms with Gasteiger partial charge in [-0.05, 0) is 93.0 Å². The zero-order chi connectivity index (χ0) is 39.3. The molecule has 280 valence electrons. The van der Waals surface area contributed by atoms with E-state index in [9.17, 15) is 10.2 Å². The van der Waals surface area contributed by atoms with Gasteiger partial charge in [0.1, 0.15) is 21.6 Å². The second-order valence-corrected chi connectivity index (χ2v) is 16.1. The van der Waals surface area contributed by atoms with Crippen LogP contribution in [0.5, 0.6) is 11.5 Å². The molecule has 4 nitrogen and oxygen atoms in total. The summed E-state index contributed by atoms with van der Waals surface area (Å²) in [5.41, 5.74) is 14.2. The van der Waals surface area contributed by atoms with Crippen LogP contribution in [0.15, 0.2) is 204 Å². The van der Waals surface area contributed by atoms with Crippen LogP contribution in [0.2, 0.25) is 0 Å². The molecule has 0 spiro atoms. The number of thioether (sulfide) groups is 2. The van der Waals surface area contributed by atoms with Crippen LogP contribution < -0.4 is 0 Å². The minimum Gasteiger partial charge on any atom is -0.508 e. The van der Waals surface area contributed by atoms with E-state index in [2.05, 4.69) is 121 Å². The van der Waals surface area contributed by atoms with Gasteiger partial charge in [-0.3, -0.25) is 0 Å². The SMILES string of the molecule is Oc1ccc(-c2cc(-c3ccccc3)c(N=C3SCCSC3=Nc3c(-c4ccccc4)cc(-c4ccc(O)cc4)cc3-c3ccccc3)c(-c3ccccc3)c2)cc1. The fourth-order valence-corrected chi connectivity index (χ4v) is 9.32. The summed E-state index contributed by atoms with van der Waals surface area (Å²) in [5, 5.41) is 22.0. The Morgan fingerprint density at radius 3 is 0.862 bits per heavy atom. The minimum absolute atomic E-state index is 0.234. The Kier molecular flexibility index (Phi) is 10.8. The van der Waals surface area contributed by atoms with Crippen molar-refractivity contribution in [3.63, 3.8) is 0 Å². The molecule has 8 aromatic carbocycles. The molecule has 8 aromatic rings. The van der Waals surface area contributed by atoms with E-state index in [0.717, 1.165) is 99.7 Å². The molecule has 9 rings (SSSR count). The zero-order valence-electron chi connectivity index (χ0n) is 31.5. The van der Waals surface area contributed by atoms with Gasteiger partial charge in [0, 0.05) is 33.8 Å². The second-order valence-electron chi connectivity index (χ2n) is 13.9. The first-order valence-corrected chi connectivity index (χ1v) is 21.1. The molecule has 1 aliphatic rings. The number of phenols is 2. The predicted molar refractivity (Wildman–Crippen MR) is 248 cm³/mol. The number of rotatable bonds is 8. The molecule has 1 heterocycles. The minimum atomic E-state index is 0.234. The third-order valence-corrected chi connectivity index (χ3v) is 12.5. The number of hydrogen-bond acceptors (Lipinski definition) is 6. The highest BCUT2D eigenvalue weighted by Crippen LogP contribution is 2.47. The number of hydrogen-bond donors (Lipinski definition) is 2. The summed E-state index contributed by atoms with van der Waals surface area (Å²) in [6.45, 7) is 0. The molecule has 6 heteroatoms. The fourth-order valence-electron chi connectivity index (χ4n) is 7.27. The summed E-state index contributed by atoms with van der Waals surface area (Å²) in [7, 11) is 0. The second kappa shape index (κ2) is 16.9. The highest BCUT2D eigenvalue weighted by atomic mass is 32.2. The van der Waals surface area contributed by atoms with Crippen molar-refractivity contribution in [1.29, 1.82) is 0 Å². The monoisotopic (exact) mass is 786 g/mol. The van der Waals surface area contributed by atoms with E-state index in [4.69, 9.17) is 9.98 Å². The van der Waals surface area contributed by atoms with Gasteiger partial charge >= 0.3 is 0 Å². The maximum Gasteiger partial charge on any atom is 0.129 e. The van der Waals surface area contributed by atoms with Gasteiger partial charge < -0.3 is 10.2 Å². The Hall–Kier alpha value is -6.60. The molecule has 0 aromatic heterocycles. The van der Waals surface area contributed by atoms with Gasteiger partial charge in [-0.2, -0.15) is 0 Å². The summed E-state index contributed by atoms with van der Waals surface area (Å²) in [5.74, 6) is 2.29. The number of nitrogens with zero attached hydrogens (tertiary/aromatic N) is 2. The molecule has 1 aliphatic heterocycles. The lowest BCUT2D eigenvalue weighted by atomic mass is 9.91. The molecule has 0 atom stereocenters. The molecule has 0 aliphatic carbocycles. The van der Waals surface area contributed by atoms with Crippen LogP contribution >= 0.6 is 23.5 Å². The summed E-state index contributed by atoms with van der Waals surface area (Å²) >= 11 is 3.49. The van der Waals surface area contributed by atoms with Crippen molar-refractivity contribution in [2.45, 2.75) is 0 Å². The first-order valence-electron chi connectivity index (χ1n) is 19.2. The summed E-state index contributed by atoms with van der Waals surface area (Å²) in [6.07, 6.45) is 0. The van der Waals surface area contributed by atoms with Crippen LogP contribution in [0.25, 0.3) is 66.8 Å². The number of aromatic hydroxyl groups is 2. The Morgan fingerprint density at radius 2 is 0.586 bits per heavy atom. The van der Waals surface area contributed by atoms with E-state index in [-0.39, 0.29) is 11.5 Å². The highest BCUT2D eigenvalue weighted by Gasteiger charge is 2.23. The lowest BCUT2D eigenvalue weighted by Gasteiger charge is -2.21. The molecular formula is C52H38N2O2S2. The highest BCUT2D eigenvalue weighted by molar-refractivity contribution is 8.27. The van der Waals surface area contributed by atoms with E-state index >= 15 is 0 Å². The van der Waals surface area contributed by atoms with Gasteiger partial charge in [-0.1, -0.05) is 146 Å². The van der Waals surface area contributed by atoms with Gasteiger partial charge in [0.2, 0.25) is 0 Å². The first-order chi connectivity index (χ1) is 28.6. The molecule has 1 fully saturated rings. The van der Waals surface area contributed by atoms with Gasteiger partial charge in [0.15, 0.2) is 0 Å². The molecule has 58 heavy (non-hydrogen) atoms. The van der Waals surface area contributed by atoms with Crippen LogP contribution in [0, 0.1) is 0 Å². The Morgan fingerprint density at radius 1 is 0.310 bits per heavy atom. The third kappa shape index (κ3) is 7.98. The topological polar surface area (TPSA) is 65.2 Å². The van der Waals surface area contributed by atoms with E-state index < -0.39 is 0 Å². The third-order valence-electron chi connectivity index (χ3n) is 10.1. The average Bonchev–Trinajstić information content (AvgIpc) is 3.29. The molecule has 0 radical (unpaired) electrons. The molecule has 0 amide bonds. The quantitative estimate of drug-likeness (QED) is 0.161. The van der Waals surface area contributed by atoms with E-state index in [1.165, 1.54) is 0 Å². The lowest BCUT2D eigenvalue weighted by Crippen LogP contribution is -2.14. The standard InChI is InChI=1S/C52H38N2O2S2/c55-43-25-21-35(22-26-43)41-31-45(37-13-5-1-6-14-37)49(46(32-41)38-15-7-2-8-16-38)53-51-52(58-30-29-57-51)54-50-47(39-17-9-3-10-18-39)33-42(36-23-27-44(56)28-24-36)34-48(50)40-19-11-4-12-20-40/h1-28,31-34,55-56H,29-30H2.